The van der Waals surface area contributed by atoms with E-state index in [2.05, 4.69) is 5.32 Å². The molecule has 1 heterocycles. The molecule has 0 aromatic rings. The number of hydrogen-bond donors (Lipinski definition) is 2. The molecular formula is C9H15NO2. The Morgan fingerprint density at radius 2 is 2.17 bits per heavy atom. The maximum atomic E-state index is 10.8. The van der Waals surface area contributed by atoms with Crippen molar-refractivity contribution in [1.29, 1.82) is 0 Å². The van der Waals surface area contributed by atoms with Crippen LogP contribution in [0, 0.1) is 17.8 Å². The molecule has 0 bridgehead atoms. The van der Waals surface area contributed by atoms with Crippen LogP contribution in [0.15, 0.2) is 0 Å². The molecule has 1 saturated carbocycles. The van der Waals surface area contributed by atoms with E-state index in [-0.39, 0.29) is 5.92 Å². The first-order valence-electron chi connectivity index (χ1n) is 4.72. The van der Waals surface area contributed by atoms with Gasteiger partial charge in [0.15, 0.2) is 0 Å². The number of carbonyl (C=O) groups is 1. The molecule has 1 saturated heterocycles. The number of hydrogen-bond acceptors (Lipinski definition) is 2. The van der Waals surface area contributed by atoms with Gasteiger partial charge in [0.2, 0.25) is 0 Å². The average molecular weight is 169 g/mol. The van der Waals surface area contributed by atoms with Gasteiger partial charge in [-0.15, -0.1) is 0 Å². The largest absolute Gasteiger partial charge is 0.481 e. The Labute approximate surface area is 72.2 Å². The molecule has 0 spiro atoms. The minimum atomic E-state index is -0.591. The first-order chi connectivity index (χ1) is 5.79. The number of carboxylic acid groups (broad SMARTS) is 1. The van der Waals surface area contributed by atoms with Crippen LogP contribution < -0.4 is 5.32 Å². The highest BCUT2D eigenvalue weighted by Crippen LogP contribution is 2.40. The molecule has 2 rings (SSSR count). The van der Waals surface area contributed by atoms with E-state index < -0.39 is 5.97 Å². The topological polar surface area (TPSA) is 49.3 Å². The summed E-state index contributed by atoms with van der Waals surface area (Å²) in [4.78, 5) is 10.8. The number of aliphatic carboxylic acids is 1. The van der Waals surface area contributed by atoms with E-state index in [1.807, 2.05) is 0 Å². The lowest BCUT2D eigenvalue weighted by molar-refractivity contribution is -0.143. The molecule has 3 atom stereocenters. The second kappa shape index (κ2) is 3.05. The predicted octanol–water partition coefficient (Wildman–Crippen LogP) is 0.707. The summed E-state index contributed by atoms with van der Waals surface area (Å²) in [6.07, 6.45) is 3.20. The molecule has 0 aromatic heterocycles. The van der Waals surface area contributed by atoms with Crippen LogP contribution in [0.1, 0.15) is 19.3 Å². The summed E-state index contributed by atoms with van der Waals surface area (Å²) >= 11 is 0. The van der Waals surface area contributed by atoms with Gasteiger partial charge in [-0.05, 0) is 44.2 Å². The van der Waals surface area contributed by atoms with Crippen LogP contribution >= 0.6 is 0 Å². The highest BCUT2D eigenvalue weighted by atomic mass is 16.4. The summed E-state index contributed by atoms with van der Waals surface area (Å²) in [6.45, 7) is 2.00. The molecule has 3 nitrogen and oxygen atoms in total. The average Bonchev–Trinajstić information content (AvgIpc) is 2.47. The molecule has 0 radical (unpaired) electrons. The summed E-state index contributed by atoms with van der Waals surface area (Å²) < 4.78 is 0. The van der Waals surface area contributed by atoms with E-state index in [0.29, 0.717) is 11.8 Å². The minimum absolute atomic E-state index is 0.0669. The Kier molecular flexibility index (Phi) is 2.05. The van der Waals surface area contributed by atoms with Crippen LogP contribution in [0.25, 0.3) is 0 Å². The van der Waals surface area contributed by atoms with Gasteiger partial charge in [0.05, 0.1) is 5.92 Å². The van der Waals surface area contributed by atoms with Crippen molar-refractivity contribution in [2.75, 3.05) is 13.1 Å². The quantitative estimate of drug-likeness (QED) is 0.607. The van der Waals surface area contributed by atoms with Crippen LogP contribution in [0.3, 0.4) is 0 Å². The fourth-order valence-electron chi connectivity index (χ4n) is 2.68. The molecule has 2 aliphatic rings. The van der Waals surface area contributed by atoms with Crippen molar-refractivity contribution in [1.82, 2.24) is 5.32 Å². The standard InChI is InChI=1S/C9H15NO2/c11-9(12)7-2-1-6-3-4-10-5-8(6)7/h6-8,10H,1-5H2,(H,11,12)/t6-,7+,8+/m1/s1. The van der Waals surface area contributed by atoms with E-state index in [1.165, 1.54) is 6.42 Å². The zero-order chi connectivity index (χ0) is 8.55. The van der Waals surface area contributed by atoms with Gasteiger partial charge in [-0.3, -0.25) is 4.79 Å². The molecule has 2 N–H and O–H groups in total. The van der Waals surface area contributed by atoms with Gasteiger partial charge in [-0.1, -0.05) is 0 Å². The molecule has 0 unspecified atom stereocenters. The van der Waals surface area contributed by atoms with Crippen molar-refractivity contribution in [2.45, 2.75) is 19.3 Å². The Balaban J connectivity index is 2.05. The van der Waals surface area contributed by atoms with Crippen LogP contribution in [-0.4, -0.2) is 24.2 Å². The lowest BCUT2D eigenvalue weighted by Crippen LogP contribution is -2.38. The van der Waals surface area contributed by atoms with Gasteiger partial charge < -0.3 is 10.4 Å². The van der Waals surface area contributed by atoms with Crippen molar-refractivity contribution < 1.29 is 9.90 Å². The smallest absolute Gasteiger partial charge is 0.306 e. The molecule has 2 fully saturated rings. The van der Waals surface area contributed by atoms with Crippen LogP contribution in [0.2, 0.25) is 0 Å². The Hall–Kier alpha value is -0.570. The maximum Gasteiger partial charge on any atom is 0.306 e. The summed E-state index contributed by atoms with van der Waals surface area (Å²) in [5.41, 5.74) is 0. The van der Waals surface area contributed by atoms with Gasteiger partial charge >= 0.3 is 5.97 Å². The van der Waals surface area contributed by atoms with Crippen LogP contribution in [-0.2, 0) is 4.79 Å². The molecule has 1 aliphatic heterocycles. The normalized spacial score (nSPS) is 40.8. The third-order valence-electron chi connectivity index (χ3n) is 3.36. The lowest BCUT2D eigenvalue weighted by atomic mass is 9.85. The second-order valence-corrected chi connectivity index (χ2v) is 3.94. The predicted molar refractivity (Wildman–Crippen MR) is 44.8 cm³/mol. The Morgan fingerprint density at radius 3 is 2.92 bits per heavy atom. The number of carboxylic acids is 1. The summed E-state index contributed by atoms with van der Waals surface area (Å²) in [6, 6.07) is 0. The number of fused-ring (bicyclic) bond motifs is 1. The monoisotopic (exact) mass is 169 g/mol. The molecule has 3 heteroatoms. The Morgan fingerprint density at radius 1 is 1.33 bits per heavy atom. The maximum absolute atomic E-state index is 10.8. The molecule has 0 aromatic carbocycles. The first-order valence-corrected chi connectivity index (χ1v) is 4.72. The first kappa shape index (κ1) is 8.05. The van der Waals surface area contributed by atoms with E-state index >= 15 is 0 Å². The van der Waals surface area contributed by atoms with Crippen LogP contribution in [0.5, 0.6) is 0 Å². The molecule has 1 aliphatic carbocycles. The third-order valence-corrected chi connectivity index (χ3v) is 3.36. The SMILES string of the molecule is O=C(O)[C@H]1CC[C@@H]2CCNC[C@@H]21. The molecular weight excluding hydrogens is 154 g/mol. The van der Waals surface area contributed by atoms with Gasteiger partial charge in [-0.2, -0.15) is 0 Å². The van der Waals surface area contributed by atoms with Gasteiger partial charge in [-0.25, -0.2) is 0 Å². The fourth-order valence-corrected chi connectivity index (χ4v) is 2.68. The second-order valence-electron chi connectivity index (χ2n) is 3.94. The minimum Gasteiger partial charge on any atom is -0.481 e. The summed E-state index contributed by atoms with van der Waals surface area (Å²) in [7, 11) is 0. The summed E-state index contributed by atoms with van der Waals surface area (Å²) in [5.74, 6) is 0.442. The fraction of sp³-hybridized carbons (Fsp3) is 0.889. The highest BCUT2D eigenvalue weighted by molar-refractivity contribution is 5.70. The van der Waals surface area contributed by atoms with E-state index in [4.69, 9.17) is 5.11 Å². The number of rotatable bonds is 1. The van der Waals surface area contributed by atoms with Crippen molar-refractivity contribution in [2.24, 2.45) is 17.8 Å². The zero-order valence-electron chi connectivity index (χ0n) is 7.12. The van der Waals surface area contributed by atoms with E-state index in [1.54, 1.807) is 0 Å². The zero-order valence-corrected chi connectivity index (χ0v) is 7.12. The van der Waals surface area contributed by atoms with Gasteiger partial charge in [0, 0.05) is 0 Å². The lowest BCUT2D eigenvalue weighted by Gasteiger charge is -2.28. The van der Waals surface area contributed by atoms with Crippen molar-refractivity contribution >= 4 is 5.97 Å². The third kappa shape index (κ3) is 1.22. The number of piperidine rings is 1. The van der Waals surface area contributed by atoms with Crippen molar-refractivity contribution in [3.05, 3.63) is 0 Å². The Bertz CT molecular complexity index is 193. The van der Waals surface area contributed by atoms with E-state index in [0.717, 1.165) is 25.9 Å². The van der Waals surface area contributed by atoms with Gasteiger partial charge in [0.25, 0.3) is 0 Å². The number of nitrogens with one attached hydrogen (secondary N) is 1. The van der Waals surface area contributed by atoms with Gasteiger partial charge in [0.1, 0.15) is 0 Å². The van der Waals surface area contributed by atoms with Crippen molar-refractivity contribution in [3.8, 4) is 0 Å². The molecule has 68 valence electrons. The molecule has 12 heavy (non-hydrogen) atoms. The van der Waals surface area contributed by atoms with E-state index in [9.17, 15) is 4.79 Å². The highest BCUT2D eigenvalue weighted by Gasteiger charge is 2.40. The van der Waals surface area contributed by atoms with Crippen molar-refractivity contribution in [3.63, 3.8) is 0 Å². The summed E-state index contributed by atoms with van der Waals surface area (Å²) in [5, 5.41) is 12.2. The molecule has 0 amide bonds. The van der Waals surface area contributed by atoms with Crippen LogP contribution in [0.4, 0.5) is 0 Å².